The zero-order valence-corrected chi connectivity index (χ0v) is 26.3. The topological polar surface area (TPSA) is 113 Å². The summed E-state index contributed by atoms with van der Waals surface area (Å²) in [6.07, 6.45) is 3.09. The van der Waals surface area contributed by atoms with E-state index >= 15 is 0 Å². The van der Waals surface area contributed by atoms with Gasteiger partial charge in [0.1, 0.15) is 23.1 Å². The Kier molecular flexibility index (Phi) is 9.78. The molecule has 0 unspecified atom stereocenters. The second kappa shape index (κ2) is 13.5. The van der Waals surface area contributed by atoms with Crippen LogP contribution in [0.4, 0.5) is 11.6 Å². The summed E-state index contributed by atoms with van der Waals surface area (Å²) < 4.78 is 16.4. The first-order chi connectivity index (χ1) is 20.7. The first kappa shape index (κ1) is 31.1. The van der Waals surface area contributed by atoms with Crippen molar-refractivity contribution in [3.63, 3.8) is 0 Å². The number of carbonyl (C=O) groups excluding carboxylic acids is 1. The van der Waals surface area contributed by atoms with Crippen molar-refractivity contribution < 1.29 is 19.0 Å². The van der Waals surface area contributed by atoms with E-state index in [1.165, 1.54) is 20.3 Å². The largest absolute Gasteiger partial charge is 0.495 e. The van der Waals surface area contributed by atoms with Gasteiger partial charge in [-0.05, 0) is 32.3 Å². The highest BCUT2D eigenvalue weighted by atomic mass is 35.5. The lowest BCUT2D eigenvalue weighted by Crippen LogP contribution is -2.45. The number of rotatable bonds is 12. The number of nitrogens with zero attached hydrogens (tertiary/aromatic N) is 4. The Morgan fingerprint density at radius 1 is 1.12 bits per heavy atom. The predicted octanol–water partition coefficient (Wildman–Crippen LogP) is 3.76. The third-order valence-corrected chi connectivity index (χ3v) is 8.38. The maximum atomic E-state index is 12.2. The maximum absolute atomic E-state index is 12.2. The fourth-order valence-electron chi connectivity index (χ4n) is 5.22. The molecule has 2 aliphatic rings. The molecule has 3 aromatic rings. The van der Waals surface area contributed by atoms with Crippen LogP contribution in [-0.4, -0.2) is 112 Å². The molecule has 43 heavy (non-hydrogen) atoms. The highest BCUT2D eigenvalue weighted by Crippen LogP contribution is 2.46. The van der Waals surface area contributed by atoms with Crippen molar-refractivity contribution in [2.24, 2.45) is 0 Å². The molecule has 2 aromatic heterocycles. The number of fused-ring (bicyclic) bond motifs is 1. The molecule has 1 aromatic carbocycles. The minimum Gasteiger partial charge on any atom is -0.495 e. The van der Waals surface area contributed by atoms with E-state index in [2.05, 4.69) is 46.4 Å². The number of benzene rings is 1. The molecule has 3 N–H and O–H groups in total. The second-order valence-corrected chi connectivity index (χ2v) is 11.7. The average molecular weight is 631 g/mol. The van der Waals surface area contributed by atoms with Crippen molar-refractivity contribution in [3.8, 4) is 22.8 Å². The van der Waals surface area contributed by atoms with E-state index in [-0.39, 0.29) is 24.0 Å². The number of ether oxygens (including phenoxy) is 3. The number of methoxy groups -OCH3 is 2. The third kappa shape index (κ3) is 6.91. The van der Waals surface area contributed by atoms with Crippen LogP contribution in [0.25, 0.3) is 22.0 Å². The van der Waals surface area contributed by atoms with Crippen LogP contribution in [0.3, 0.4) is 0 Å². The Balaban J connectivity index is 1.51. The van der Waals surface area contributed by atoms with Crippen molar-refractivity contribution in [3.05, 3.63) is 47.1 Å². The first-order valence-electron chi connectivity index (χ1n) is 14.0. The normalized spacial score (nSPS) is 18.9. The zero-order valence-electron chi connectivity index (χ0n) is 24.7. The van der Waals surface area contributed by atoms with Gasteiger partial charge in [-0.25, -0.2) is 9.97 Å². The maximum Gasteiger partial charge on any atom is 0.243 e. The standard InChI is InChI=1S/C30H37Cl2N7O4/c1-6-26(40)36-22-14-39(8-7-38(2)3)13-21(22)35-25-10-19-17(12-33-25)9-20(37-30(19)34-18-15-43-16-18)27-28(31)23(41-4)11-24(42-5)29(27)32/h6,9-12,18,21-22H,1,7-8,13-16H2,2-5H3,(H,33,35)(H,34,37)(H,36,40)/t21-,22+/m1/s1. The summed E-state index contributed by atoms with van der Waals surface area (Å²) >= 11 is 13.5. The summed E-state index contributed by atoms with van der Waals surface area (Å²) in [5.74, 6) is 1.97. The Labute approximate surface area is 261 Å². The van der Waals surface area contributed by atoms with E-state index in [1.54, 1.807) is 12.3 Å². The molecule has 2 saturated heterocycles. The van der Waals surface area contributed by atoms with Crippen molar-refractivity contribution in [2.45, 2.75) is 18.1 Å². The van der Waals surface area contributed by atoms with Gasteiger partial charge < -0.3 is 35.1 Å². The number of carbonyl (C=O) groups is 1. The van der Waals surface area contributed by atoms with Gasteiger partial charge in [0.25, 0.3) is 0 Å². The minimum absolute atomic E-state index is 0.0541. The van der Waals surface area contributed by atoms with Gasteiger partial charge in [-0.3, -0.25) is 9.69 Å². The van der Waals surface area contributed by atoms with Crippen LogP contribution in [0, 0.1) is 0 Å². The smallest absolute Gasteiger partial charge is 0.243 e. The zero-order chi connectivity index (χ0) is 30.7. The summed E-state index contributed by atoms with van der Waals surface area (Å²) in [6, 6.07) is 5.46. The highest BCUT2D eigenvalue weighted by molar-refractivity contribution is 6.41. The Hall–Kier alpha value is -3.35. The number of pyridine rings is 2. The summed E-state index contributed by atoms with van der Waals surface area (Å²) in [5, 5.41) is 12.5. The molecular weight excluding hydrogens is 593 g/mol. The summed E-state index contributed by atoms with van der Waals surface area (Å²) in [5.41, 5.74) is 1.05. The van der Waals surface area contributed by atoms with Gasteiger partial charge in [0.15, 0.2) is 0 Å². The van der Waals surface area contributed by atoms with Gasteiger partial charge in [0.2, 0.25) is 5.91 Å². The van der Waals surface area contributed by atoms with Crippen LogP contribution >= 0.6 is 23.2 Å². The SMILES string of the molecule is C=CC(=O)N[C@H]1CN(CCN(C)C)C[C@H]1Nc1cc2c(NC3COC3)nc(-c3c(Cl)c(OC)cc(OC)c3Cl)cc2cn1. The molecule has 0 spiro atoms. The lowest BCUT2D eigenvalue weighted by Gasteiger charge is -2.28. The second-order valence-electron chi connectivity index (χ2n) is 10.9. The number of nitrogens with one attached hydrogen (secondary N) is 3. The van der Waals surface area contributed by atoms with Crippen LogP contribution in [0.1, 0.15) is 0 Å². The van der Waals surface area contributed by atoms with Gasteiger partial charge in [0.05, 0.1) is 61.3 Å². The van der Waals surface area contributed by atoms with E-state index in [9.17, 15) is 4.79 Å². The average Bonchev–Trinajstić information content (AvgIpc) is 3.34. The molecule has 2 atom stereocenters. The number of hydrogen-bond donors (Lipinski definition) is 3. The first-order valence-corrected chi connectivity index (χ1v) is 14.8. The van der Waals surface area contributed by atoms with Crippen molar-refractivity contribution >= 4 is 51.5 Å². The van der Waals surface area contributed by atoms with Crippen LogP contribution in [0.15, 0.2) is 37.1 Å². The molecule has 230 valence electrons. The van der Waals surface area contributed by atoms with Gasteiger partial charge >= 0.3 is 0 Å². The van der Waals surface area contributed by atoms with Gasteiger partial charge in [0, 0.05) is 54.8 Å². The molecule has 0 bridgehead atoms. The van der Waals surface area contributed by atoms with E-state index in [0.29, 0.717) is 57.7 Å². The van der Waals surface area contributed by atoms with E-state index in [0.717, 1.165) is 37.0 Å². The summed E-state index contributed by atoms with van der Waals surface area (Å²) in [7, 11) is 7.17. The molecule has 1 amide bonds. The van der Waals surface area contributed by atoms with Gasteiger partial charge in [-0.1, -0.05) is 29.8 Å². The van der Waals surface area contributed by atoms with Crippen molar-refractivity contribution in [2.75, 3.05) is 78.3 Å². The molecule has 0 saturated carbocycles. The van der Waals surface area contributed by atoms with Crippen molar-refractivity contribution in [1.82, 2.24) is 25.1 Å². The van der Waals surface area contributed by atoms with E-state index < -0.39 is 0 Å². The lowest BCUT2D eigenvalue weighted by molar-refractivity contribution is -0.117. The Morgan fingerprint density at radius 3 is 2.42 bits per heavy atom. The molecule has 5 rings (SSSR count). The number of likely N-dealkylation sites (N-methyl/N-ethyl adjacent to an activating group) is 1. The molecular formula is C30H37Cl2N7O4. The molecule has 4 heterocycles. The molecule has 2 fully saturated rings. The van der Waals surface area contributed by atoms with Crippen LogP contribution in [0.5, 0.6) is 11.5 Å². The molecule has 13 heteroatoms. The monoisotopic (exact) mass is 629 g/mol. The number of amides is 1. The predicted molar refractivity (Wildman–Crippen MR) is 171 cm³/mol. The number of aromatic nitrogens is 2. The fraction of sp³-hybridized carbons (Fsp3) is 0.433. The lowest BCUT2D eigenvalue weighted by atomic mass is 10.1. The third-order valence-electron chi connectivity index (χ3n) is 7.63. The quantitative estimate of drug-likeness (QED) is 0.256. The molecule has 0 radical (unpaired) electrons. The molecule has 11 nitrogen and oxygen atoms in total. The Morgan fingerprint density at radius 2 is 1.81 bits per heavy atom. The van der Waals surface area contributed by atoms with Crippen LogP contribution < -0.4 is 25.4 Å². The van der Waals surface area contributed by atoms with Crippen molar-refractivity contribution in [1.29, 1.82) is 0 Å². The number of hydrogen-bond acceptors (Lipinski definition) is 10. The van der Waals surface area contributed by atoms with E-state index in [4.69, 9.17) is 47.4 Å². The molecule has 2 aliphatic heterocycles. The number of likely N-dealkylation sites (tertiary alicyclic amines) is 1. The van der Waals surface area contributed by atoms with Crippen LogP contribution in [0.2, 0.25) is 10.0 Å². The summed E-state index contributed by atoms with van der Waals surface area (Å²) in [6.45, 7) is 8.06. The van der Waals surface area contributed by atoms with Gasteiger partial charge in [-0.15, -0.1) is 0 Å². The molecule has 0 aliphatic carbocycles. The van der Waals surface area contributed by atoms with Crippen LogP contribution in [-0.2, 0) is 9.53 Å². The fourth-order valence-corrected chi connectivity index (χ4v) is 5.91. The minimum atomic E-state index is -0.199. The van der Waals surface area contributed by atoms with E-state index in [1.807, 2.05) is 12.1 Å². The number of anilines is 2. The van der Waals surface area contributed by atoms with Gasteiger partial charge in [-0.2, -0.15) is 0 Å². The summed E-state index contributed by atoms with van der Waals surface area (Å²) in [4.78, 5) is 26.4. The number of halogens is 2. The highest BCUT2D eigenvalue weighted by Gasteiger charge is 2.34. The Bertz CT molecular complexity index is 1470.